The van der Waals surface area contributed by atoms with E-state index < -0.39 is 6.17 Å². The number of aromatic nitrogens is 2. The van der Waals surface area contributed by atoms with E-state index >= 15 is 0 Å². The van der Waals surface area contributed by atoms with Crippen molar-refractivity contribution in [3.8, 4) is 17.1 Å². The molecular weight excluding hydrogens is 327 g/mol. The van der Waals surface area contributed by atoms with Gasteiger partial charge in [0.15, 0.2) is 5.82 Å². The van der Waals surface area contributed by atoms with Crippen LogP contribution in [0.2, 0.25) is 0 Å². The van der Waals surface area contributed by atoms with Crippen molar-refractivity contribution in [2.24, 2.45) is 0 Å². The van der Waals surface area contributed by atoms with Crippen LogP contribution in [0.1, 0.15) is 64.4 Å². The standard InChI is InChI=1S/C22H31FN2O/c1-3-5-6-7-8-9-10-18-15-24-22(25-16-18)19-11-13-21(14-12-19)26-17-20(23)4-2/h11-16,20H,3-10,17H2,1-2H3/t20-/m1/s1. The number of rotatable bonds is 12. The number of hydrogen-bond acceptors (Lipinski definition) is 3. The van der Waals surface area contributed by atoms with Crippen molar-refractivity contribution in [1.29, 1.82) is 0 Å². The Hall–Kier alpha value is -1.97. The molecular formula is C22H31FN2O. The lowest BCUT2D eigenvalue weighted by Crippen LogP contribution is -2.11. The highest BCUT2D eigenvalue weighted by Gasteiger charge is 2.06. The Balaban J connectivity index is 1.80. The molecule has 1 aromatic heterocycles. The van der Waals surface area contributed by atoms with Crippen LogP contribution in [-0.4, -0.2) is 22.7 Å². The predicted octanol–water partition coefficient (Wildman–Crippen LogP) is 6.17. The van der Waals surface area contributed by atoms with Crippen LogP contribution in [0.3, 0.4) is 0 Å². The zero-order valence-electron chi connectivity index (χ0n) is 16.1. The van der Waals surface area contributed by atoms with Gasteiger partial charge in [0.2, 0.25) is 0 Å². The summed E-state index contributed by atoms with van der Waals surface area (Å²) in [7, 11) is 0. The van der Waals surface area contributed by atoms with Gasteiger partial charge in [-0.15, -0.1) is 0 Å². The van der Waals surface area contributed by atoms with E-state index in [4.69, 9.17) is 4.74 Å². The first-order valence-corrected chi connectivity index (χ1v) is 9.91. The molecule has 0 saturated heterocycles. The van der Waals surface area contributed by atoms with Gasteiger partial charge in [0.05, 0.1) is 0 Å². The maximum absolute atomic E-state index is 13.2. The van der Waals surface area contributed by atoms with Crippen LogP contribution >= 0.6 is 0 Å². The average molecular weight is 359 g/mol. The molecule has 1 heterocycles. The molecule has 0 fully saturated rings. The largest absolute Gasteiger partial charge is 0.491 e. The molecule has 26 heavy (non-hydrogen) atoms. The van der Waals surface area contributed by atoms with Gasteiger partial charge in [-0.05, 0) is 49.1 Å². The van der Waals surface area contributed by atoms with Crippen molar-refractivity contribution in [3.05, 3.63) is 42.2 Å². The van der Waals surface area contributed by atoms with Gasteiger partial charge >= 0.3 is 0 Å². The molecule has 0 unspecified atom stereocenters. The smallest absolute Gasteiger partial charge is 0.159 e. The second-order valence-corrected chi connectivity index (χ2v) is 6.77. The molecule has 0 saturated carbocycles. The minimum atomic E-state index is -0.919. The summed E-state index contributed by atoms with van der Waals surface area (Å²) in [5, 5.41) is 0. The van der Waals surface area contributed by atoms with Gasteiger partial charge in [0.1, 0.15) is 18.5 Å². The van der Waals surface area contributed by atoms with Crippen molar-refractivity contribution in [3.63, 3.8) is 0 Å². The van der Waals surface area contributed by atoms with Crippen LogP contribution in [0.25, 0.3) is 11.4 Å². The molecule has 1 aromatic carbocycles. The lowest BCUT2D eigenvalue weighted by Gasteiger charge is -2.09. The summed E-state index contributed by atoms with van der Waals surface area (Å²) < 4.78 is 18.7. The average Bonchev–Trinajstić information content (AvgIpc) is 2.69. The molecule has 0 aliphatic carbocycles. The summed E-state index contributed by atoms with van der Waals surface area (Å²) in [5.74, 6) is 1.38. The molecule has 0 radical (unpaired) electrons. The molecule has 0 bridgehead atoms. The number of benzene rings is 1. The number of hydrogen-bond donors (Lipinski definition) is 0. The van der Waals surface area contributed by atoms with Crippen molar-refractivity contribution in [1.82, 2.24) is 9.97 Å². The normalized spacial score (nSPS) is 12.1. The number of ether oxygens (including phenoxy) is 1. The van der Waals surface area contributed by atoms with Crippen LogP contribution in [-0.2, 0) is 6.42 Å². The molecule has 2 aromatic rings. The van der Waals surface area contributed by atoms with E-state index in [9.17, 15) is 4.39 Å². The molecule has 3 nitrogen and oxygen atoms in total. The highest BCUT2D eigenvalue weighted by atomic mass is 19.1. The fourth-order valence-electron chi connectivity index (χ4n) is 2.75. The van der Waals surface area contributed by atoms with E-state index in [1.165, 1.54) is 44.1 Å². The highest BCUT2D eigenvalue weighted by Crippen LogP contribution is 2.20. The van der Waals surface area contributed by atoms with Crippen molar-refractivity contribution >= 4 is 0 Å². The number of unbranched alkanes of at least 4 members (excludes halogenated alkanes) is 5. The summed E-state index contributed by atoms with van der Waals surface area (Å²) in [4.78, 5) is 8.96. The van der Waals surface area contributed by atoms with Crippen LogP contribution in [0.5, 0.6) is 5.75 Å². The minimum Gasteiger partial charge on any atom is -0.491 e. The maximum atomic E-state index is 13.2. The molecule has 0 spiro atoms. The van der Waals surface area contributed by atoms with Gasteiger partial charge in [-0.1, -0.05) is 46.0 Å². The maximum Gasteiger partial charge on any atom is 0.159 e. The first kappa shape index (κ1) is 20.3. The van der Waals surface area contributed by atoms with Crippen molar-refractivity contribution in [2.75, 3.05) is 6.61 Å². The third-order valence-corrected chi connectivity index (χ3v) is 4.51. The van der Waals surface area contributed by atoms with E-state index in [0.29, 0.717) is 18.0 Å². The van der Waals surface area contributed by atoms with Gasteiger partial charge < -0.3 is 4.74 Å². The third-order valence-electron chi connectivity index (χ3n) is 4.51. The van der Waals surface area contributed by atoms with Gasteiger partial charge in [0.25, 0.3) is 0 Å². The first-order valence-electron chi connectivity index (χ1n) is 9.91. The van der Waals surface area contributed by atoms with E-state index in [0.717, 1.165) is 12.0 Å². The summed E-state index contributed by atoms with van der Waals surface area (Å²) in [6.45, 7) is 4.15. The number of aryl methyl sites for hydroxylation is 1. The number of nitrogens with zero attached hydrogens (tertiary/aromatic N) is 2. The summed E-state index contributed by atoms with van der Waals surface area (Å²) >= 11 is 0. The van der Waals surface area contributed by atoms with Crippen LogP contribution < -0.4 is 4.74 Å². The molecule has 142 valence electrons. The second-order valence-electron chi connectivity index (χ2n) is 6.77. The third kappa shape index (κ3) is 7.11. The number of alkyl halides is 1. The fraction of sp³-hybridized carbons (Fsp3) is 0.545. The molecule has 2 rings (SSSR count). The lowest BCUT2D eigenvalue weighted by atomic mass is 10.1. The number of halogens is 1. The molecule has 0 N–H and O–H groups in total. The van der Waals surface area contributed by atoms with E-state index in [1.807, 2.05) is 43.6 Å². The predicted molar refractivity (Wildman–Crippen MR) is 105 cm³/mol. The molecule has 4 heteroatoms. The zero-order chi connectivity index (χ0) is 18.6. The second kappa shape index (κ2) is 11.6. The minimum absolute atomic E-state index is 0.0967. The monoisotopic (exact) mass is 358 g/mol. The summed E-state index contributed by atoms with van der Waals surface area (Å²) in [5.41, 5.74) is 2.13. The van der Waals surface area contributed by atoms with Crippen molar-refractivity contribution in [2.45, 2.75) is 71.4 Å². The van der Waals surface area contributed by atoms with Crippen LogP contribution in [0.4, 0.5) is 4.39 Å². The quantitative estimate of drug-likeness (QED) is 0.425. The molecule has 0 amide bonds. The van der Waals surface area contributed by atoms with Gasteiger partial charge in [-0.25, -0.2) is 14.4 Å². The van der Waals surface area contributed by atoms with Crippen molar-refractivity contribution < 1.29 is 9.13 Å². The van der Waals surface area contributed by atoms with E-state index in [2.05, 4.69) is 16.9 Å². The first-order chi connectivity index (χ1) is 12.7. The van der Waals surface area contributed by atoms with Gasteiger partial charge in [0, 0.05) is 18.0 Å². The Bertz CT molecular complexity index is 613. The molecule has 0 aliphatic rings. The van der Waals surface area contributed by atoms with Crippen LogP contribution in [0, 0.1) is 0 Å². The van der Waals surface area contributed by atoms with E-state index in [1.54, 1.807) is 0 Å². The Labute approximate surface area is 157 Å². The molecule has 1 atom stereocenters. The Kier molecular flexibility index (Phi) is 9.08. The lowest BCUT2D eigenvalue weighted by molar-refractivity contribution is 0.192. The van der Waals surface area contributed by atoms with Crippen LogP contribution in [0.15, 0.2) is 36.7 Å². The SMILES string of the molecule is CCCCCCCCc1cnc(-c2ccc(OC[C@H](F)CC)cc2)nc1. The highest BCUT2D eigenvalue weighted by molar-refractivity contribution is 5.55. The Morgan fingerprint density at radius 1 is 0.923 bits per heavy atom. The fourth-order valence-corrected chi connectivity index (χ4v) is 2.75. The van der Waals surface area contributed by atoms with E-state index in [-0.39, 0.29) is 6.61 Å². The Morgan fingerprint density at radius 2 is 1.58 bits per heavy atom. The summed E-state index contributed by atoms with van der Waals surface area (Å²) in [6.07, 6.45) is 12.2. The molecule has 0 aliphatic heterocycles. The topological polar surface area (TPSA) is 35.0 Å². The van der Waals surface area contributed by atoms with Gasteiger partial charge in [-0.3, -0.25) is 0 Å². The Morgan fingerprint density at radius 3 is 2.23 bits per heavy atom. The summed E-state index contributed by atoms with van der Waals surface area (Å²) in [6, 6.07) is 7.51. The zero-order valence-corrected chi connectivity index (χ0v) is 16.1. The van der Waals surface area contributed by atoms with Gasteiger partial charge in [-0.2, -0.15) is 0 Å².